The Morgan fingerprint density at radius 3 is 3.00 bits per heavy atom. The van der Waals surface area contributed by atoms with E-state index in [-0.39, 0.29) is 0 Å². The maximum Gasteiger partial charge on any atom is 0.114 e. The number of hydrogen-bond donors (Lipinski definition) is 1. The Labute approximate surface area is 82.6 Å². The van der Waals surface area contributed by atoms with Crippen LogP contribution in [-0.2, 0) is 0 Å². The normalized spacial score (nSPS) is 12.8. The van der Waals surface area contributed by atoms with Crippen LogP contribution >= 0.6 is 24.4 Å². The first-order chi connectivity index (χ1) is 5.83. The van der Waals surface area contributed by atoms with Crippen molar-refractivity contribution >= 4 is 24.4 Å². The molecular formula is C8H12N2S2. The first-order valence-electron chi connectivity index (χ1n) is 3.82. The van der Waals surface area contributed by atoms with Crippen LogP contribution in [0.2, 0.25) is 0 Å². The molecule has 1 rings (SSSR count). The molecule has 0 aromatic carbocycles. The molecule has 0 amide bonds. The molecule has 1 unspecified atom stereocenters. The minimum Gasteiger partial charge on any atom is -0.260 e. The highest BCUT2D eigenvalue weighted by atomic mass is 32.2. The Balaban J connectivity index is 2.33. The van der Waals surface area contributed by atoms with Gasteiger partial charge in [0.2, 0.25) is 0 Å². The second-order valence-corrected chi connectivity index (χ2v) is 4.05. The van der Waals surface area contributed by atoms with E-state index >= 15 is 0 Å². The number of aromatic nitrogens is 2. The molecule has 4 heteroatoms. The van der Waals surface area contributed by atoms with Crippen molar-refractivity contribution < 1.29 is 0 Å². The van der Waals surface area contributed by atoms with E-state index in [1.807, 2.05) is 0 Å². The zero-order valence-corrected chi connectivity index (χ0v) is 8.68. The van der Waals surface area contributed by atoms with Gasteiger partial charge in [-0.15, -0.1) is 11.8 Å². The lowest BCUT2D eigenvalue weighted by Gasteiger charge is -2.05. The topological polar surface area (TPSA) is 25.8 Å². The van der Waals surface area contributed by atoms with Gasteiger partial charge in [0.1, 0.15) is 5.03 Å². The third-order valence-electron chi connectivity index (χ3n) is 1.37. The van der Waals surface area contributed by atoms with Gasteiger partial charge >= 0.3 is 0 Å². The van der Waals surface area contributed by atoms with Crippen molar-refractivity contribution in [3.8, 4) is 0 Å². The predicted octanol–water partition coefficient (Wildman–Crippen LogP) is 2.13. The van der Waals surface area contributed by atoms with Gasteiger partial charge in [-0.3, -0.25) is 4.98 Å². The van der Waals surface area contributed by atoms with E-state index in [1.54, 1.807) is 30.4 Å². The number of thioether (sulfide) groups is 1. The van der Waals surface area contributed by atoms with Crippen LogP contribution in [0.4, 0.5) is 0 Å². The van der Waals surface area contributed by atoms with E-state index in [1.165, 1.54) is 0 Å². The van der Waals surface area contributed by atoms with Crippen LogP contribution in [0, 0.1) is 5.92 Å². The van der Waals surface area contributed by atoms with Gasteiger partial charge in [0.25, 0.3) is 0 Å². The minimum atomic E-state index is 0.625. The second kappa shape index (κ2) is 5.43. The molecule has 0 spiro atoms. The fourth-order valence-corrected chi connectivity index (χ4v) is 1.79. The predicted molar refractivity (Wildman–Crippen MR) is 55.8 cm³/mol. The lowest BCUT2D eigenvalue weighted by Crippen LogP contribution is -1.99. The summed E-state index contributed by atoms with van der Waals surface area (Å²) in [7, 11) is 0. The van der Waals surface area contributed by atoms with Crippen LogP contribution in [0.25, 0.3) is 0 Å². The van der Waals surface area contributed by atoms with E-state index < -0.39 is 0 Å². The number of hydrogen-bond acceptors (Lipinski definition) is 4. The lowest BCUT2D eigenvalue weighted by molar-refractivity contribution is 0.765. The summed E-state index contributed by atoms with van der Waals surface area (Å²) in [5.41, 5.74) is 0. The molecule has 1 aromatic rings. The highest BCUT2D eigenvalue weighted by molar-refractivity contribution is 7.99. The smallest absolute Gasteiger partial charge is 0.114 e. The van der Waals surface area contributed by atoms with E-state index in [2.05, 4.69) is 29.5 Å². The fourth-order valence-electron chi connectivity index (χ4n) is 0.640. The molecule has 2 nitrogen and oxygen atoms in total. The Hall–Kier alpha value is -0.220. The molecule has 1 heterocycles. The maximum atomic E-state index is 4.21. The van der Waals surface area contributed by atoms with Crippen molar-refractivity contribution in [2.45, 2.75) is 11.9 Å². The van der Waals surface area contributed by atoms with E-state index in [9.17, 15) is 0 Å². The van der Waals surface area contributed by atoms with Crippen LogP contribution in [0.3, 0.4) is 0 Å². The molecule has 0 bridgehead atoms. The van der Waals surface area contributed by atoms with Crippen molar-refractivity contribution in [2.24, 2.45) is 5.92 Å². The minimum absolute atomic E-state index is 0.625. The molecule has 1 atom stereocenters. The third-order valence-corrected chi connectivity index (χ3v) is 3.23. The Kier molecular flexibility index (Phi) is 4.46. The van der Waals surface area contributed by atoms with E-state index in [0.717, 1.165) is 16.5 Å². The van der Waals surface area contributed by atoms with Crippen LogP contribution < -0.4 is 0 Å². The van der Waals surface area contributed by atoms with Gasteiger partial charge in [-0.05, 0) is 11.7 Å². The summed E-state index contributed by atoms with van der Waals surface area (Å²) < 4.78 is 0. The Morgan fingerprint density at radius 2 is 2.42 bits per heavy atom. The van der Waals surface area contributed by atoms with Crippen molar-refractivity contribution in [1.29, 1.82) is 0 Å². The molecule has 0 saturated carbocycles. The van der Waals surface area contributed by atoms with E-state index in [0.29, 0.717) is 5.92 Å². The Bertz CT molecular complexity index is 216. The van der Waals surface area contributed by atoms with Crippen molar-refractivity contribution in [3.63, 3.8) is 0 Å². The Morgan fingerprint density at radius 1 is 1.58 bits per heavy atom. The molecule has 0 aliphatic carbocycles. The van der Waals surface area contributed by atoms with Crippen LogP contribution in [0.5, 0.6) is 0 Å². The quantitative estimate of drug-likeness (QED) is 0.595. The molecule has 0 fully saturated rings. The first-order valence-corrected chi connectivity index (χ1v) is 5.44. The molecule has 0 saturated heterocycles. The van der Waals surface area contributed by atoms with Crippen LogP contribution in [-0.4, -0.2) is 21.5 Å². The average Bonchev–Trinajstić information content (AvgIpc) is 2.16. The highest BCUT2D eigenvalue weighted by Crippen LogP contribution is 2.17. The van der Waals surface area contributed by atoms with Gasteiger partial charge in [0.15, 0.2) is 0 Å². The van der Waals surface area contributed by atoms with E-state index in [4.69, 9.17) is 0 Å². The molecule has 12 heavy (non-hydrogen) atoms. The summed E-state index contributed by atoms with van der Waals surface area (Å²) in [6.07, 6.45) is 5.19. The van der Waals surface area contributed by atoms with Crippen molar-refractivity contribution in [1.82, 2.24) is 9.97 Å². The number of rotatable bonds is 4. The third kappa shape index (κ3) is 3.45. The summed E-state index contributed by atoms with van der Waals surface area (Å²) in [5.74, 6) is 2.61. The summed E-state index contributed by atoms with van der Waals surface area (Å²) in [5, 5.41) is 0.992. The monoisotopic (exact) mass is 200 g/mol. The molecule has 0 aliphatic rings. The zero-order chi connectivity index (χ0) is 8.81. The highest BCUT2D eigenvalue weighted by Gasteiger charge is 2.00. The summed E-state index contributed by atoms with van der Waals surface area (Å²) in [6.45, 7) is 2.18. The van der Waals surface area contributed by atoms with Gasteiger partial charge in [-0.25, -0.2) is 4.98 Å². The van der Waals surface area contributed by atoms with Crippen molar-refractivity contribution in [2.75, 3.05) is 11.5 Å². The zero-order valence-electron chi connectivity index (χ0n) is 6.97. The lowest BCUT2D eigenvalue weighted by atomic mass is 10.3. The van der Waals surface area contributed by atoms with Gasteiger partial charge in [0, 0.05) is 18.1 Å². The molecule has 1 aromatic heterocycles. The molecular weight excluding hydrogens is 188 g/mol. The van der Waals surface area contributed by atoms with Gasteiger partial charge in [0.05, 0.1) is 6.20 Å². The fraction of sp³-hybridized carbons (Fsp3) is 0.500. The molecule has 66 valence electrons. The SMILES string of the molecule is CC(CS)CSc1cnccn1. The largest absolute Gasteiger partial charge is 0.260 e. The van der Waals surface area contributed by atoms with Crippen LogP contribution in [0.15, 0.2) is 23.6 Å². The van der Waals surface area contributed by atoms with Gasteiger partial charge in [-0.1, -0.05) is 6.92 Å². The summed E-state index contributed by atoms with van der Waals surface area (Å²) in [4.78, 5) is 8.15. The van der Waals surface area contributed by atoms with Crippen molar-refractivity contribution in [3.05, 3.63) is 18.6 Å². The summed E-state index contributed by atoms with van der Waals surface area (Å²) >= 11 is 5.94. The molecule has 0 radical (unpaired) electrons. The summed E-state index contributed by atoms with van der Waals surface area (Å²) in [6, 6.07) is 0. The maximum absolute atomic E-state index is 4.21. The molecule has 0 aliphatic heterocycles. The molecule has 0 N–H and O–H groups in total. The average molecular weight is 200 g/mol. The van der Waals surface area contributed by atoms with Gasteiger partial charge in [-0.2, -0.15) is 12.6 Å². The first kappa shape index (κ1) is 9.86. The van der Waals surface area contributed by atoms with Crippen LogP contribution in [0.1, 0.15) is 6.92 Å². The standard InChI is InChI=1S/C8H12N2S2/c1-7(5-11)6-12-8-4-9-2-3-10-8/h2-4,7,11H,5-6H2,1H3. The number of nitrogens with zero attached hydrogens (tertiary/aromatic N) is 2. The van der Waals surface area contributed by atoms with Gasteiger partial charge < -0.3 is 0 Å². The second-order valence-electron chi connectivity index (χ2n) is 2.64. The number of thiol groups is 1.